The smallest absolute Gasteiger partial charge is 0.307 e. The summed E-state index contributed by atoms with van der Waals surface area (Å²) in [6, 6.07) is 13.7. The zero-order chi connectivity index (χ0) is 24.9. The van der Waals surface area contributed by atoms with E-state index in [9.17, 15) is 19.1 Å². The Hall–Kier alpha value is -4.34. The summed E-state index contributed by atoms with van der Waals surface area (Å²) < 4.78 is 13.4. The fourth-order valence-electron chi connectivity index (χ4n) is 5.17. The second-order valence-corrected chi connectivity index (χ2v) is 9.48. The van der Waals surface area contributed by atoms with Gasteiger partial charge in [0, 0.05) is 30.0 Å². The molecule has 0 radical (unpaired) electrons. The van der Waals surface area contributed by atoms with Crippen molar-refractivity contribution in [3.05, 3.63) is 70.9 Å². The van der Waals surface area contributed by atoms with E-state index in [0.29, 0.717) is 22.7 Å². The maximum atomic E-state index is 13.4. The van der Waals surface area contributed by atoms with Crippen molar-refractivity contribution in [1.29, 1.82) is 0 Å². The van der Waals surface area contributed by atoms with Crippen molar-refractivity contribution < 1.29 is 14.3 Å². The number of piperidine rings is 1. The Kier molecular flexibility index (Phi) is 5.17. The molecule has 1 unspecified atom stereocenters. The van der Waals surface area contributed by atoms with E-state index >= 15 is 0 Å². The summed E-state index contributed by atoms with van der Waals surface area (Å²) in [6.07, 6.45) is 4.03. The molecular formula is C26H23FN6O3. The molecule has 1 aliphatic heterocycles. The Morgan fingerprint density at radius 1 is 1.08 bits per heavy atom. The lowest BCUT2D eigenvalue weighted by Gasteiger charge is -2.34. The summed E-state index contributed by atoms with van der Waals surface area (Å²) in [4.78, 5) is 35.1. The van der Waals surface area contributed by atoms with Crippen LogP contribution in [-0.2, 0) is 4.79 Å². The van der Waals surface area contributed by atoms with Crippen molar-refractivity contribution in [3.8, 4) is 11.4 Å². The van der Waals surface area contributed by atoms with Crippen LogP contribution in [0.3, 0.4) is 0 Å². The van der Waals surface area contributed by atoms with Gasteiger partial charge in [-0.05, 0) is 73.2 Å². The molecule has 3 heterocycles. The van der Waals surface area contributed by atoms with Crippen LogP contribution < -0.4 is 15.8 Å². The Morgan fingerprint density at radius 3 is 2.47 bits per heavy atom. The van der Waals surface area contributed by atoms with Gasteiger partial charge in [0.15, 0.2) is 5.82 Å². The molecule has 1 saturated carbocycles. The van der Waals surface area contributed by atoms with Gasteiger partial charge in [-0.25, -0.2) is 19.5 Å². The van der Waals surface area contributed by atoms with Crippen molar-refractivity contribution in [2.75, 3.05) is 23.3 Å². The standard InChI is InChI=1S/C26H23FN6O3/c27-16-3-1-15(2-4-16)22-30-20-14-28-32-24(34)21(20)23(31-22)29-17-5-7-18(8-6-17)33-11-9-26(10-12-33)13-19(26)25(35)36/h1-8,14,19H,9-13H2,(H,32,34)(H,35,36)(H,29,30,31). The predicted octanol–water partition coefficient (Wildman–Crippen LogP) is 3.95. The van der Waals surface area contributed by atoms with Crippen LogP contribution >= 0.6 is 0 Å². The van der Waals surface area contributed by atoms with Crippen LogP contribution in [0.5, 0.6) is 0 Å². The number of nitrogens with one attached hydrogen (secondary N) is 2. The number of hydrogen-bond acceptors (Lipinski definition) is 7. The molecule has 9 nitrogen and oxygen atoms in total. The van der Waals surface area contributed by atoms with E-state index in [2.05, 4.69) is 30.4 Å². The number of nitrogens with zero attached hydrogens (tertiary/aromatic N) is 4. The molecular weight excluding hydrogens is 463 g/mol. The number of carboxylic acids is 1. The molecule has 1 atom stereocenters. The van der Waals surface area contributed by atoms with Crippen LogP contribution in [0.1, 0.15) is 19.3 Å². The lowest BCUT2D eigenvalue weighted by Crippen LogP contribution is -2.35. The predicted molar refractivity (Wildman–Crippen MR) is 133 cm³/mol. The number of hydrogen-bond donors (Lipinski definition) is 3. The van der Waals surface area contributed by atoms with Crippen molar-refractivity contribution in [2.45, 2.75) is 19.3 Å². The lowest BCUT2D eigenvalue weighted by molar-refractivity contribution is -0.139. The quantitative estimate of drug-likeness (QED) is 0.387. The number of carbonyl (C=O) groups is 1. The van der Waals surface area contributed by atoms with E-state index < -0.39 is 11.5 Å². The average Bonchev–Trinajstić information content (AvgIpc) is 3.59. The number of anilines is 3. The minimum absolute atomic E-state index is 0.0119. The maximum absolute atomic E-state index is 13.4. The zero-order valence-corrected chi connectivity index (χ0v) is 19.2. The van der Waals surface area contributed by atoms with E-state index in [-0.39, 0.29) is 22.5 Å². The minimum Gasteiger partial charge on any atom is -0.481 e. The normalized spacial score (nSPS) is 18.4. The summed E-state index contributed by atoms with van der Waals surface area (Å²) in [5.41, 5.74) is 2.35. The summed E-state index contributed by atoms with van der Waals surface area (Å²) in [6.45, 7) is 1.66. The molecule has 1 saturated heterocycles. The topological polar surface area (TPSA) is 124 Å². The van der Waals surface area contributed by atoms with Crippen LogP contribution in [0, 0.1) is 17.2 Å². The highest BCUT2D eigenvalue weighted by Gasteiger charge is 2.58. The van der Waals surface area contributed by atoms with E-state index in [1.54, 1.807) is 12.1 Å². The first-order valence-corrected chi connectivity index (χ1v) is 11.8. The molecule has 182 valence electrons. The molecule has 0 amide bonds. The SMILES string of the molecule is O=C(O)C1CC12CCN(c1ccc(Nc3nc(-c4ccc(F)cc4)nc4cn[nH]c(=O)c34)cc1)CC2. The Labute approximate surface area is 205 Å². The number of aromatic amines is 1. The van der Waals surface area contributed by atoms with E-state index in [0.717, 1.165) is 43.7 Å². The number of halogens is 1. The minimum atomic E-state index is -0.673. The summed E-state index contributed by atoms with van der Waals surface area (Å²) in [7, 11) is 0. The lowest BCUT2D eigenvalue weighted by atomic mass is 9.90. The molecule has 2 aromatic carbocycles. The van der Waals surface area contributed by atoms with Crippen LogP contribution in [0.25, 0.3) is 22.3 Å². The molecule has 6 rings (SSSR count). The van der Waals surface area contributed by atoms with Gasteiger partial charge in [-0.15, -0.1) is 0 Å². The van der Waals surface area contributed by atoms with Crippen molar-refractivity contribution in [2.24, 2.45) is 11.3 Å². The molecule has 10 heteroatoms. The first-order valence-electron chi connectivity index (χ1n) is 11.8. The highest BCUT2D eigenvalue weighted by molar-refractivity contribution is 5.91. The Morgan fingerprint density at radius 2 is 1.81 bits per heavy atom. The van der Waals surface area contributed by atoms with Crippen LogP contribution in [0.4, 0.5) is 21.6 Å². The highest BCUT2D eigenvalue weighted by atomic mass is 19.1. The zero-order valence-electron chi connectivity index (χ0n) is 19.2. The monoisotopic (exact) mass is 486 g/mol. The highest BCUT2D eigenvalue weighted by Crippen LogP contribution is 2.59. The van der Waals surface area contributed by atoms with Crippen molar-refractivity contribution in [3.63, 3.8) is 0 Å². The van der Waals surface area contributed by atoms with Crippen LogP contribution in [0.15, 0.2) is 59.5 Å². The summed E-state index contributed by atoms with van der Waals surface area (Å²) in [5.74, 6) is -0.556. The number of aromatic nitrogens is 4. The van der Waals surface area contributed by atoms with Crippen molar-refractivity contribution in [1.82, 2.24) is 20.2 Å². The van der Waals surface area contributed by atoms with E-state index in [4.69, 9.17) is 0 Å². The fraction of sp³-hybridized carbons (Fsp3) is 0.269. The van der Waals surface area contributed by atoms with Gasteiger partial charge in [0.05, 0.1) is 12.1 Å². The van der Waals surface area contributed by atoms with Crippen LogP contribution in [-0.4, -0.2) is 44.3 Å². The average molecular weight is 487 g/mol. The number of H-pyrrole nitrogens is 1. The summed E-state index contributed by atoms with van der Waals surface area (Å²) in [5, 5.41) is 19.1. The number of rotatable bonds is 5. The number of aliphatic carboxylic acids is 1. The van der Waals surface area contributed by atoms with Gasteiger partial charge in [0.2, 0.25) is 0 Å². The van der Waals surface area contributed by atoms with Gasteiger partial charge in [0.1, 0.15) is 22.5 Å². The first-order chi connectivity index (χ1) is 17.4. The molecule has 36 heavy (non-hydrogen) atoms. The number of fused-ring (bicyclic) bond motifs is 1. The molecule has 4 aromatic rings. The Bertz CT molecular complexity index is 1510. The first kappa shape index (κ1) is 22.1. The third-order valence-corrected chi connectivity index (χ3v) is 7.36. The van der Waals surface area contributed by atoms with E-state index in [1.807, 2.05) is 24.3 Å². The maximum Gasteiger partial charge on any atom is 0.307 e. The molecule has 2 aliphatic rings. The second-order valence-electron chi connectivity index (χ2n) is 9.48. The van der Waals surface area contributed by atoms with Crippen molar-refractivity contribution >= 4 is 34.1 Å². The van der Waals surface area contributed by atoms with Gasteiger partial charge < -0.3 is 15.3 Å². The number of carboxylic acid groups (broad SMARTS) is 1. The largest absolute Gasteiger partial charge is 0.481 e. The second kappa shape index (κ2) is 8.40. The summed E-state index contributed by atoms with van der Waals surface area (Å²) >= 11 is 0. The van der Waals surface area contributed by atoms with Crippen LogP contribution in [0.2, 0.25) is 0 Å². The Balaban J connectivity index is 1.25. The molecule has 1 spiro atoms. The van der Waals surface area contributed by atoms with Gasteiger partial charge >= 0.3 is 5.97 Å². The van der Waals surface area contributed by atoms with Gasteiger partial charge in [-0.1, -0.05) is 0 Å². The molecule has 2 aromatic heterocycles. The van der Waals surface area contributed by atoms with Gasteiger partial charge in [-0.2, -0.15) is 5.10 Å². The third kappa shape index (κ3) is 3.94. The number of benzene rings is 2. The van der Waals surface area contributed by atoms with E-state index in [1.165, 1.54) is 18.3 Å². The molecule has 2 fully saturated rings. The molecule has 3 N–H and O–H groups in total. The third-order valence-electron chi connectivity index (χ3n) is 7.36. The van der Waals surface area contributed by atoms with Gasteiger partial charge in [-0.3, -0.25) is 9.59 Å². The fourth-order valence-corrected chi connectivity index (χ4v) is 5.17. The molecule has 0 bridgehead atoms. The van der Waals surface area contributed by atoms with Gasteiger partial charge in [0.25, 0.3) is 5.56 Å². The molecule has 1 aliphatic carbocycles.